The van der Waals surface area contributed by atoms with Gasteiger partial charge in [-0.1, -0.05) is 17.7 Å². The molecule has 1 aromatic carbocycles. The molecule has 19 heavy (non-hydrogen) atoms. The first-order valence-electron chi connectivity index (χ1n) is 5.52. The van der Waals surface area contributed by atoms with Gasteiger partial charge in [0, 0.05) is 6.54 Å². The molecule has 0 radical (unpaired) electrons. The second-order valence-corrected chi connectivity index (χ2v) is 6.23. The van der Waals surface area contributed by atoms with Gasteiger partial charge in [0.1, 0.15) is 5.82 Å². The number of rotatable bonds is 7. The van der Waals surface area contributed by atoms with E-state index in [4.69, 9.17) is 11.6 Å². The smallest absolute Gasteiger partial charge is 0.211 e. The maximum Gasteiger partial charge on any atom is 0.211 e. The Morgan fingerprint density at radius 1 is 1.42 bits per heavy atom. The van der Waals surface area contributed by atoms with Gasteiger partial charge in [0.2, 0.25) is 10.0 Å². The fourth-order valence-corrected chi connectivity index (χ4v) is 2.52. The van der Waals surface area contributed by atoms with Crippen molar-refractivity contribution in [1.29, 1.82) is 0 Å². The number of aliphatic hydroxyl groups is 1. The zero-order valence-electron chi connectivity index (χ0n) is 9.94. The van der Waals surface area contributed by atoms with Crippen molar-refractivity contribution in [2.75, 3.05) is 19.0 Å². The van der Waals surface area contributed by atoms with Crippen LogP contribution in [0, 0.1) is 5.82 Å². The summed E-state index contributed by atoms with van der Waals surface area (Å²) in [6.45, 7) is -1.04. The highest BCUT2D eigenvalue weighted by Crippen LogP contribution is 2.20. The molecule has 0 aliphatic heterocycles. The Morgan fingerprint density at radius 3 is 2.68 bits per heavy atom. The Balaban J connectivity index is 2.60. The number of nitrogens with one attached hydrogen (secondary N) is 1. The molecule has 0 amide bonds. The molecule has 0 heterocycles. The summed E-state index contributed by atoms with van der Waals surface area (Å²) in [5.74, 6) is -1.05. The lowest BCUT2D eigenvalue weighted by atomic mass is 10.1. The van der Waals surface area contributed by atoms with Crippen LogP contribution < -0.4 is 4.72 Å². The lowest BCUT2D eigenvalue weighted by Gasteiger charge is -2.12. The summed E-state index contributed by atoms with van der Waals surface area (Å²) >= 11 is 5.49. The van der Waals surface area contributed by atoms with Crippen molar-refractivity contribution < 1.29 is 22.3 Å². The first-order chi connectivity index (χ1) is 8.85. The van der Waals surface area contributed by atoms with Crippen molar-refractivity contribution >= 4 is 21.6 Å². The molecule has 1 aromatic rings. The third kappa shape index (κ3) is 5.40. The molecular formula is C11H14ClF2NO3S. The standard InChI is InChI=1S/C11H14ClF2NO3S/c12-9-3-2-8(6-10(9)14)11(16)7-15-19(17,18)5-1-4-13/h2-3,6,11,15-16H,1,4-5,7H2/t11-/m1/s1. The Bertz CT molecular complexity index is 525. The van der Waals surface area contributed by atoms with Crippen molar-refractivity contribution in [3.63, 3.8) is 0 Å². The average Bonchev–Trinajstić information content (AvgIpc) is 2.37. The predicted molar refractivity (Wildman–Crippen MR) is 68.8 cm³/mol. The SMILES string of the molecule is O=S(=O)(CCCF)NC[C@@H](O)c1ccc(Cl)c(F)c1. The zero-order chi connectivity index (χ0) is 14.5. The van der Waals surface area contributed by atoms with Crippen molar-refractivity contribution in [1.82, 2.24) is 4.72 Å². The van der Waals surface area contributed by atoms with Gasteiger partial charge in [-0.2, -0.15) is 0 Å². The van der Waals surface area contributed by atoms with Crippen LogP contribution in [0.2, 0.25) is 5.02 Å². The zero-order valence-corrected chi connectivity index (χ0v) is 11.5. The summed E-state index contributed by atoms with van der Waals surface area (Å²) in [6.07, 6.45) is -1.31. The van der Waals surface area contributed by atoms with Crippen LogP contribution in [-0.2, 0) is 10.0 Å². The minimum absolute atomic E-state index is 0.0838. The lowest BCUT2D eigenvalue weighted by molar-refractivity contribution is 0.181. The first-order valence-corrected chi connectivity index (χ1v) is 7.55. The molecule has 0 bridgehead atoms. The average molecular weight is 314 g/mol. The largest absolute Gasteiger partial charge is 0.387 e. The minimum Gasteiger partial charge on any atom is -0.387 e. The van der Waals surface area contributed by atoms with Crippen molar-refractivity contribution in [2.24, 2.45) is 0 Å². The Kier molecular flexibility index (Phi) is 6.12. The summed E-state index contributed by atoms with van der Waals surface area (Å²) in [5, 5.41) is 9.63. The van der Waals surface area contributed by atoms with Gasteiger partial charge in [-0.15, -0.1) is 0 Å². The van der Waals surface area contributed by atoms with Gasteiger partial charge in [0.05, 0.1) is 23.6 Å². The first kappa shape index (κ1) is 16.3. The van der Waals surface area contributed by atoms with Gasteiger partial charge in [-0.25, -0.2) is 17.5 Å². The molecule has 0 saturated carbocycles. The molecule has 8 heteroatoms. The molecule has 2 N–H and O–H groups in total. The van der Waals surface area contributed by atoms with Crippen LogP contribution in [0.5, 0.6) is 0 Å². The van der Waals surface area contributed by atoms with Crippen molar-refractivity contribution in [3.05, 3.63) is 34.6 Å². The number of hydrogen-bond donors (Lipinski definition) is 2. The van der Waals surface area contributed by atoms with Crippen LogP contribution >= 0.6 is 11.6 Å². The summed E-state index contributed by atoms with van der Waals surface area (Å²) in [7, 11) is -3.63. The van der Waals surface area contributed by atoms with E-state index in [2.05, 4.69) is 4.72 Å². The summed E-state index contributed by atoms with van der Waals surface area (Å²) in [5.41, 5.74) is 0.204. The fraction of sp³-hybridized carbons (Fsp3) is 0.455. The number of sulfonamides is 1. The molecule has 0 aliphatic rings. The van der Waals surface area contributed by atoms with E-state index in [1.807, 2.05) is 0 Å². The molecule has 1 atom stereocenters. The summed E-state index contributed by atoms with van der Waals surface area (Å²) in [6, 6.07) is 3.70. The molecule has 1 rings (SSSR count). The van der Waals surface area contributed by atoms with E-state index in [-0.39, 0.29) is 29.3 Å². The summed E-state index contributed by atoms with van der Waals surface area (Å²) in [4.78, 5) is 0. The molecule has 0 spiro atoms. The Morgan fingerprint density at radius 2 is 2.11 bits per heavy atom. The van der Waals surface area contributed by atoms with Crippen LogP contribution in [-0.4, -0.2) is 32.5 Å². The lowest BCUT2D eigenvalue weighted by Crippen LogP contribution is -2.30. The monoisotopic (exact) mass is 313 g/mol. The van der Waals surface area contributed by atoms with Gasteiger partial charge < -0.3 is 5.11 Å². The topological polar surface area (TPSA) is 66.4 Å². The molecule has 4 nitrogen and oxygen atoms in total. The normalized spacial score (nSPS) is 13.5. The van der Waals surface area contributed by atoms with E-state index < -0.39 is 28.6 Å². The van der Waals surface area contributed by atoms with Gasteiger partial charge in [-0.3, -0.25) is 4.39 Å². The van der Waals surface area contributed by atoms with Crippen LogP contribution in [0.4, 0.5) is 8.78 Å². The van der Waals surface area contributed by atoms with Crippen molar-refractivity contribution in [2.45, 2.75) is 12.5 Å². The predicted octanol–water partition coefficient (Wildman–Crippen LogP) is 1.79. The second kappa shape index (κ2) is 7.14. The van der Waals surface area contributed by atoms with Crippen molar-refractivity contribution in [3.8, 4) is 0 Å². The minimum atomic E-state index is -3.63. The van der Waals surface area contributed by atoms with Crippen LogP contribution in [0.25, 0.3) is 0 Å². The van der Waals surface area contributed by atoms with E-state index in [1.165, 1.54) is 12.1 Å². The third-order valence-electron chi connectivity index (χ3n) is 2.37. The molecule has 0 fully saturated rings. The van der Waals surface area contributed by atoms with Gasteiger partial charge in [0.25, 0.3) is 0 Å². The Hall–Kier alpha value is -0.760. The molecule has 0 unspecified atom stereocenters. The van der Waals surface area contributed by atoms with Gasteiger partial charge in [-0.05, 0) is 24.1 Å². The highest BCUT2D eigenvalue weighted by atomic mass is 35.5. The number of halogens is 3. The maximum atomic E-state index is 13.2. The van der Waals surface area contributed by atoms with Crippen LogP contribution in [0.3, 0.4) is 0 Å². The van der Waals surface area contributed by atoms with E-state index in [1.54, 1.807) is 0 Å². The van der Waals surface area contributed by atoms with Crippen LogP contribution in [0.15, 0.2) is 18.2 Å². The number of benzene rings is 1. The van der Waals surface area contributed by atoms with Gasteiger partial charge >= 0.3 is 0 Å². The van der Waals surface area contributed by atoms with E-state index in [9.17, 15) is 22.3 Å². The maximum absolute atomic E-state index is 13.2. The van der Waals surface area contributed by atoms with E-state index in [0.717, 1.165) is 6.07 Å². The fourth-order valence-electron chi connectivity index (χ4n) is 1.36. The van der Waals surface area contributed by atoms with Crippen LogP contribution in [0.1, 0.15) is 18.1 Å². The van der Waals surface area contributed by atoms with Gasteiger partial charge in [0.15, 0.2) is 0 Å². The number of aliphatic hydroxyl groups excluding tert-OH is 1. The second-order valence-electron chi connectivity index (χ2n) is 3.90. The summed E-state index contributed by atoms with van der Waals surface area (Å²) < 4.78 is 49.9. The Labute approximate surface area is 115 Å². The molecule has 0 aromatic heterocycles. The highest BCUT2D eigenvalue weighted by Gasteiger charge is 2.15. The molecule has 0 saturated heterocycles. The highest BCUT2D eigenvalue weighted by molar-refractivity contribution is 7.89. The molecule has 0 aliphatic carbocycles. The third-order valence-corrected chi connectivity index (χ3v) is 4.11. The quantitative estimate of drug-likeness (QED) is 0.806. The van der Waals surface area contributed by atoms with E-state index in [0.29, 0.717) is 0 Å². The van der Waals surface area contributed by atoms with E-state index >= 15 is 0 Å². The molecular weight excluding hydrogens is 300 g/mol. The molecule has 108 valence electrons. The number of alkyl halides is 1. The number of hydrogen-bond acceptors (Lipinski definition) is 3.